The van der Waals surface area contributed by atoms with Crippen LogP contribution >= 0.6 is 0 Å². The predicted octanol–water partition coefficient (Wildman–Crippen LogP) is 0.601. The molecule has 2 nitrogen and oxygen atoms in total. The zero-order valence-electron chi connectivity index (χ0n) is 12.7. The molecular formula is C11H32N2Si4. The van der Waals surface area contributed by atoms with Gasteiger partial charge in [0, 0.05) is 0 Å². The van der Waals surface area contributed by atoms with Crippen molar-refractivity contribution in [1.29, 1.82) is 0 Å². The van der Waals surface area contributed by atoms with Crippen molar-refractivity contribution in [2.75, 3.05) is 0 Å². The molecule has 0 aromatic rings. The van der Waals surface area contributed by atoms with E-state index >= 15 is 0 Å². The molecule has 0 N–H and O–H groups in total. The minimum atomic E-state index is -0.491. The fourth-order valence-electron chi connectivity index (χ4n) is 3.26. The zero-order chi connectivity index (χ0) is 13.0. The Morgan fingerprint density at radius 3 is 1.88 bits per heavy atom. The van der Waals surface area contributed by atoms with Crippen molar-refractivity contribution >= 4 is 36.3 Å². The van der Waals surface area contributed by atoms with Crippen LogP contribution in [0.15, 0.2) is 0 Å². The quantitative estimate of drug-likeness (QED) is 0.687. The van der Waals surface area contributed by atoms with E-state index in [1.54, 1.807) is 0 Å². The van der Waals surface area contributed by atoms with E-state index in [2.05, 4.69) is 48.5 Å². The summed E-state index contributed by atoms with van der Waals surface area (Å²) in [5, 5.41) is 0. The van der Waals surface area contributed by atoms with Crippen LogP contribution in [-0.2, 0) is 0 Å². The van der Waals surface area contributed by atoms with Crippen molar-refractivity contribution in [3.63, 3.8) is 0 Å². The first-order chi connectivity index (χ1) is 7.93. The molecule has 17 heavy (non-hydrogen) atoms. The molecule has 0 bridgehead atoms. The average Bonchev–Trinajstić information content (AvgIpc) is 2.21. The smallest absolute Gasteiger partial charge is 0.0962 e. The van der Waals surface area contributed by atoms with Gasteiger partial charge in [-0.2, -0.15) is 0 Å². The Labute approximate surface area is 116 Å². The highest BCUT2D eigenvalue weighted by atomic mass is 29.2. The van der Waals surface area contributed by atoms with E-state index < -0.39 is 17.9 Å². The number of nitrogens with zero attached hydrogens (tertiary/aromatic N) is 2. The third kappa shape index (κ3) is 4.75. The van der Waals surface area contributed by atoms with Crippen LogP contribution in [0, 0.1) is 0 Å². The number of hydrogen-bond acceptors (Lipinski definition) is 2. The first kappa shape index (κ1) is 15.8. The van der Waals surface area contributed by atoms with Gasteiger partial charge in [-0.25, -0.2) is 0 Å². The molecule has 1 heterocycles. The Morgan fingerprint density at radius 1 is 1.00 bits per heavy atom. The summed E-state index contributed by atoms with van der Waals surface area (Å²) >= 11 is 0. The molecule has 0 radical (unpaired) electrons. The SMILES string of the molecule is CC1CCCC(C)N1[SiH2][SiH2]N([SiH](C)C)[SiH](C)C. The molecule has 0 spiro atoms. The van der Waals surface area contributed by atoms with Gasteiger partial charge in [0.2, 0.25) is 0 Å². The van der Waals surface area contributed by atoms with E-state index in [9.17, 15) is 0 Å². The van der Waals surface area contributed by atoms with E-state index in [0.29, 0.717) is 0 Å². The summed E-state index contributed by atoms with van der Waals surface area (Å²) in [6, 6.07) is 1.81. The Morgan fingerprint density at radius 2 is 1.47 bits per heavy atom. The second-order valence-corrected chi connectivity index (χ2v) is 19.1. The molecule has 2 atom stereocenters. The largest absolute Gasteiger partial charge is 0.380 e. The molecule has 1 rings (SSSR count). The highest BCUT2D eigenvalue weighted by Crippen LogP contribution is 2.21. The second kappa shape index (κ2) is 7.39. The van der Waals surface area contributed by atoms with Crippen molar-refractivity contribution in [2.45, 2.75) is 71.4 Å². The van der Waals surface area contributed by atoms with Crippen molar-refractivity contribution in [3.05, 3.63) is 0 Å². The lowest BCUT2D eigenvalue weighted by molar-refractivity contribution is 0.209. The standard InChI is InChI=1S/C11H32N2Si4/c1-10-8-7-9-11(2)12(10)14-15-13(16(3)4)17(5)6/h10-11,16-17H,7-9,14-15H2,1-6H3. The van der Waals surface area contributed by atoms with Gasteiger partial charge in [-0.1, -0.05) is 46.5 Å². The lowest BCUT2D eigenvalue weighted by atomic mass is 10.0. The Balaban J connectivity index is 2.46. The van der Waals surface area contributed by atoms with Crippen LogP contribution in [0.4, 0.5) is 0 Å². The lowest BCUT2D eigenvalue weighted by Gasteiger charge is -2.41. The first-order valence-electron chi connectivity index (χ1n) is 7.45. The van der Waals surface area contributed by atoms with Gasteiger partial charge in [-0.3, -0.25) is 0 Å². The van der Waals surface area contributed by atoms with Gasteiger partial charge in [-0.15, -0.1) is 0 Å². The van der Waals surface area contributed by atoms with Crippen molar-refractivity contribution in [1.82, 2.24) is 8.46 Å². The Kier molecular flexibility index (Phi) is 6.89. The molecule has 0 aromatic heterocycles. The molecule has 0 aliphatic carbocycles. The van der Waals surface area contributed by atoms with Gasteiger partial charge in [0.25, 0.3) is 0 Å². The van der Waals surface area contributed by atoms with E-state index in [1.807, 2.05) is 0 Å². The minimum absolute atomic E-state index is 0.105. The van der Waals surface area contributed by atoms with Gasteiger partial charge < -0.3 is 8.46 Å². The fourth-order valence-corrected chi connectivity index (χ4v) is 29.3. The topological polar surface area (TPSA) is 6.48 Å². The number of hydrogen-bond donors (Lipinski definition) is 0. The fraction of sp³-hybridized carbons (Fsp3) is 1.00. The lowest BCUT2D eigenvalue weighted by Crippen LogP contribution is -2.55. The molecule has 1 aliphatic rings. The zero-order valence-corrected chi connectivity index (χ0v) is 17.9. The number of piperidine rings is 1. The maximum atomic E-state index is 3.08. The maximum Gasteiger partial charge on any atom is 0.0962 e. The maximum absolute atomic E-state index is 3.08. The molecule has 0 amide bonds. The Bertz CT molecular complexity index is 208. The third-order valence-electron chi connectivity index (χ3n) is 4.32. The van der Waals surface area contributed by atoms with Gasteiger partial charge in [0.05, 0.1) is 36.3 Å². The highest BCUT2D eigenvalue weighted by Gasteiger charge is 2.25. The van der Waals surface area contributed by atoms with Crippen LogP contribution in [0.25, 0.3) is 0 Å². The summed E-state index contributed by atoms with van der Waals surface area (Å²) in [5.74, 6) is 0. The minimum Gasteiger partial charge on any atom is -0.380 e. The van der Waals surface area contributed by atoms with Crippen molar-refractivity contribution in [3.8, 4) is 0 Å². The van der Waals surface area contributed by atoms with E-state index in [0.717, 1.165) is 12.1 Å². The van der Waals surface area contributed by atoms with E-state index in [4.69, 9.17) is 0 Å². The summed E-state index contributed by atoms with van der Waals surface area (Å²) in [4.78, 5) is 0. The van der Waals surface area contributed by atoms with Gasteiger partial charge >= 0.3 is 0 Å². The van der Waals surface area contributed by atoms with Gasteiger partial charge in [0.15, 0.2) is 0 Å². The molecule has 0 aromatic carbocycles. The first-order valence-corrected chi connectivity index (χ1v) is 18.4. The van der Waals surface area contributed by atoms with Crippen LogP contribution in [0.3, 0.4) is 0 Å². The van der Waals surface area contributed by atoms with Gasteiger partial charge in [-0.05, 0) is 24.9 Å². The van der Waals surface area contributed by atoms with Crippen LogP contribution in [0.2, 0.25) is 26.2 Å². The molecule has 0 saturated carbocycles. The summed E-state index contributed by atoms with van der Waals surface area (Å²) in [7, 11) is -0.733. The Hall–Kier alpha value is 0.788. The van der Waals surface area contributed by atoms with E-state index in [-0.39, 0.29) is 18.4 Å². The summed E-state index contributed by atoms with van der Waals surface area (Å²) in [6.07, 6.45) is 4.39. The van der Waals surface area contributed by atoms with Crippen LogP contribution in [0.5, 0.6) is 0 Å². The second-order valence-electron chi connectivity index (χ2n) is 6.29. The molecule has 6 heteroatoms. The van der Waals surface area contributed by atoms with Crippen molar-refractivity contribution in [2.24, 2.45) is 0 Å². The molecule has 1 aliphatic heterocycles. The summed E-state index contributed by atoms with van der Waals surface area (Å²) in [6.45, 7) is 15.1. The molecule has 2 unspecified atom stereocenters. The normalized spacial score (nSPS) is 28.8. The van der Waals surface area contributed by atoms with E-state index in [1.165, 1.54) is 19.3 Å². The van der Waals surface area contributed by atoms with Gasteiger partial charge in [0.1, 0.15) is 0 Å². The monoisotopic (exact) mass is 304 g/mol. The summed E-state index contributed by atoms with van der Waals surface area (Å²) < 4.78 is 6.04. The molecular weight excluding hydrogens is 272 g/mol. The van der Waals surface area contributed by atoms with Crippen molar-refractivity contribution < 1.29 is 0 Å². The highest BCUT2D eigenvalue weighted by molar-refractivity contribution is 7.05. The molecule has 1 fully saturated rings. The molecule has 102 valence electrons. The van der Waals surface area contributed by atoms with Crippen LogP contribution < -0.4 is 0 Å². The predicted molar refractivity (Wildman–Crippen MR) is 91.3 cm³/mol. The van der Waals surface area contributed by atoms with Crippen LogP contribution in [-0.4, -0.2) is 56.9 Å². The van der Waals surface area contributed by atoms with Crippen LogP contribution in [0.1, 0.15) is 33.1 Å². The third-order valence-corrected chi connectivity index (χ3v) is 25.8. The summed E-state index contributed by atoms with van der Waals surface area (Å²) in [5.41, 5.74) is 0. The number of rotatable bonds is 5. The molecule has 1 saturated heterocycles. The average molecular weight is 305 g/mol.